The molecular formula is C10H14N2O2. The third kappa shape index (κ3) is 2.97. The molecule has 0 aliphatic rings. The van der Waals surface area contributed by atoms with Crippen LogP contribution in [0.4, 0.5) is 10.5 Å². The van der Waals surface area contributed by atoms with Gasteiger partial charge in [-0.15, -0.1) is 0 Å². The third-order valence-electron chi connectivity index (χ3n) is 1.66. The molecule has 0 bridgehead atoms. The molecule has 0 fully saturated rings. The van der Waals surface area contributed by atoms with Crippen molar-refractivity contribution in [1.29, 1.82) is 0 Å². The summed E-state index contributed by atoms with van der Waals surface area (Å²) < 4.78 is 5.02. The standard InChI is InChI=1S/C10H14N2O2/c1-3-11-10(13)12-8-5-4-6-9(7-8)14-2/h4-7H,3H2,1-2H3,(H2,11,12,13). The average molecular weight is 194 g/mol. The number of carbonyl (C=O) groups is 1. The number of hydrogen-bond acceptors (Lipinski definition) is 2. The maximum absolute atomic E-state index is 11.1. The van der Waals surface area contributed by atoms with Gasteiger partial charge in [0.2, 0.25) is 0 Å². The minimum Gasteiger partial charge on any atom is -0.497 e. The zero-order chi connectivity index (χ0) is 10.4. The van der Waals surface area contributed by atoms with E-state index in [2.05, 4.69) is 10.6 Å². The zero-order valence-corrected chi connectivity index (χ0v) is 8.33. The van der Waals surface area contributed by atoms with E-state index < -0.39 is 0 Å². The van der Waals surface area contributed by atoms with Crippen LogP contribution in [0.3, 0.4) is 0 Å². The number of nitrogens with one attached hydrogen (secondary N) is 2. The molecular weight excluding hydrogens is 180 g/mol. The number of anilines is 1. The Kier molecular flexibility index (Phi) is 3.79. The van der Waals surface area contributed by atoms with Gasteiger partial charge < -0.3 is 15.4 Å². The predicted octanol–water partition coefficient (Wildman–Crippen LogP) is 1.84. The number of hydrogen-bond donors (Lipinski definition) is 2. The first kappa shape index (κ1) is 10.4. The van der Waals surface area contributed by atoms with Crippen LogP contribution in [-0.4, -0.2) is 19.7 Å². The highest BCUT2D eigenvalue weighted by Crippen LogP contribution is 2.16. The molecule has 2 amide bonds. The molecule has 2 N–H and O–H groups in total. The lowest BCUT2D eigenvalue weighted by atomic mass is 10.3. The Morgan fingerprint density at radius 2 is 2.29 bits per heavy atom. The molecule has 0 unspecified atom stereocenters. The Bertz CT molecular complexity index is 313. The van der Waals surface area contributed by atoms with E-state index in [1.807, 2.05) is 19.1 Å². The third-order valence-corrected chi connectivity index (χ3v) is 1.66. The molecule has 0 heterocycles. The van der Waals surface area contributed by atoms with Crippen molar-refractivity contribution in [2.75, 3.05) is 19.0 Å². The SMILES string of the molecule is CCNC(=O)Nc1cccc(OC)c1. The summed E-state index contributed by atoms with van der Waals surface area (Å²) in [5.74, 6) is 0.722. The highest BCUT2D eigenvalue weighted by atomic mass is 16.5. The van der Waals surface area contributed by atoms with Crippen molar-refractivity contribution in [3.63, 3.8) is 0 Å². The molecule has 0 spiro atoms. The largest absolute Gasteiger partial charge is 0.497 e. The number of urea groups is 1. The van der Waals surface area contributed by atoms with Crippen molar-refractivity contribution in [3.8, 4) is 5.75 Å². The number of methoxy groups -OCH3 is 1. The van der Waals surface area contributed by atoms with Gasteiger partial charge in [0.05, 0.1) is 7.11 Å². The second-order valence-electron chi connectivity index (χ2n) is 2.72. The molecule has 0 saturated heterocycles. The molecule has 4 heteroatoms. The van der Waals surface area contributed by atoms with Crippen LogP contribution in [0.25, 0.3) is 0 Å². The molecule has 4 nitrogen and oxygen atoms in total. The van der Waals surface area contributed by atoms with Gasteiger partial charge >= 0.3 is 6.03 Å². The minimum atomic E-state index is -0.208. The van der Waals surface area contributed by atoms with Crippen LogP contribution < -0.4 is 15.4 Å². The second-order valence-corrected chi connectivity index (χ2v) is 2.72. The minimum absolute atomic E-state index is 0.208. The number of amides is 2. The lowest BCUT2D eigenvalue weighted by Gasteiger charge is -2.06. The summed E-state index contributed by atoms with van der Waals surface area (Å²) in [5.41, 5.74) is 0.718. The maximum Gasteiger partial charge on any atom is 0.319 e. The van der Waals surface area contributed by atoms with Gasteiger partial charge in [-0.2, -0.15) is 0 Å². The topological polar surface area (TPSA) is 50.4 Å². The fraction of sp³-hybridized carbons (Fsp3) is 0.300. The van der Waals surface area contributed by atoms with Crippen molar-refractivity contribution >= 4 is 11.7 Å². The van der Waals surface area contributed by atoms with Crippen LogP contribution in [0.5, 0.6) is 5.75 Å². The fourth-order valence-electron chi connectivity index (χ4n) is 1.04. The summed E-state index contributed by atoms with van der Waals surface area (Å²) in [6, 6.07) is 7.00. The lowest BCUT2D eigenvalue weighted by molar-refractivity contribution is 0.252. The van der Waals surface area contributed by atoms with Gasteiger partial charge in [-0.3, -0.25) is 0 Å². The van der Waals surface area contributed by atoms with Gasteiger partial charge in [0.15, 0.2) is 0 Å². The second kappa shape index (κ2) is 5.11. The Balaban J connectivity index is 2.62. The lowest BCUT2D eigenvalue weighted by Crippen LogP contribution is -2.28. The number of carbonyl (C=O) groups excluding carboxylic acids is 1. The fourth-order valence-corrected chi connectivity index (χ4v) is 1.04. The van der Waals surface area contributed by atoms with E-state index in [1.165, 1.54) is 0 Å². The molecule has 0 aromatic heterocycles. The first-order valence-corrected chi connectivity index (χ1v) is 4.45. The molecule has 1 rings (SSSR count). The summed E-state index contributed by atoms with van der Waals surface area (Å²) in [4.78, 5) is 11.1. The van der Waals surface area contributed by atoms with Gasteiger partial charge in [-0.25, -0.2) is 4.79 Å². The van der Waals surface area contributed by atoms with Crippen LogP contribution >= 0.6 is 0 Å². The van der Waals surface area contributed by atoms with Gasteiger partial charge in [-0.1, -0.05) is 6.07 Å². The van der Waals surface area contributed by atoms with E-state index in [-0.39, 0.29) is 6.03 Å². The van der Waals surface area contributed by atoms with Crippen molar-refractivity contribution in [3.05, 3.63) is 24.3 Å². The molecule has 1 aromatic carbocycles. The molecule has 0 radical (unpaired) electrons. The van der Waals surface area contributed by atoms with Gasteiger partial charge in [-0.05, 0) is 19.1 Å². The predicted molar refractivity (Wildman–Crippen MR) is 55.7 cm³/mol. The van der Waals surface area contributed by atoms with Gasteiger partial charge in [0.1, 0.15) is 5.75 Å². The van der Waals surface area contributed by atoms with E-state index in [4.69, 9.17) is 4.74 Å². The van der Waals surface area contributed by atoms with Crippen LogP contribution in [-0.2, 0) is 0 Å². The van der Waals surface area contributed by atoms with Crippen molar-refractivity contribution in [2.24, 2.45) is 0 Å². The molecule has 14 heavy (non-hydrogen) atoms. The van der Waals surface area contributed by atoms with Crippen LogP contribution in [0.15, 0.2) is 24.3 Å². The molecule has 0 aliphatic carbocycles. The molecule has 0 saturated carbocycles. The first-order chi connectivity index (χ1) is 6.76. The van der Waals surface area contributed by atoms with Crippen LogP contribution in [0.2, 0.25) is 0 Å². The highest BCUT2D eigenvalue weighted by Gasteiger charge is 1.99. The average Bonchev–Trinajstić information content (AvgIpc) is 2.18. The van der Waals surface area contributed by atoms with E-state index in [1.54, 1.807) is 19.2 Å². The van der Waals surface area contributed by atoms with Crippen molar-refractivity contribution in [1.82, 2.24) is 5.32 Å². The van der Waals surface area contributed by atoms with E-state index in [9.17, 15) is 4.79 Å². The Morgan fingerprint density at radius 1 is 1.50 bits per heavy atom. The molecule has 76 valence electrons. The smallest absolute Gasteiger partial charge is 0.319 e. The van der Waals surface area contributed by atoms with E-state index in [0.717, 1.165) is 11.4 Å². The first-order valence-electron chi connectivity index (χ1n) is 4.45. The quantitative estimate of drug-likeness (QED) is 0.771. The number of benzene rings is 1. The summed E-state index contributed by atoms with van der Waals surface area (Å²) in [7, 11) is 1.59. The Labute approximate surface area is 83.3 Å². The van der Waals surface area contributed by atoms with Gasteiger partial charge in [0.25, 0.3) is 0 Å². The summed E-state index contributed by atoms with van der Waals surface area (Å²) in [6.07, 6.45) is 0. The Hall–Kier alpha value is -1.71. The number of rotatable bonds is 3. The van der Waals surface area contributed by atoms with Gasteiger partial charge in [0, 0.05) is 18.3 Å². The van der Waals surface area contributed by atoms with Crippen molar-refractivity contribution < 1.29 is 9.53 Å². The normalized spacial score (nSPS) is 9.29. The highest BCUT2D eigenvalue weighted by molar-refractivity contribution is 5.89. The van der Waals surface area contributed by atoms with Crippen LogP contribution in [0, 0.1) is 0 Å². The summed E-state index contributed by atoms with van der Waals surface area (Å²) in [5, 5.41) is 5.33. The van der Waals surface area contributed by atoms with E-state index >= 15 is 0 Å². The summed E-state index contributed by atoms with van der Waals surface area (Å²) >= 11 is 0. The maximum atomic E-state index is 11.1. The van der Waals surface area contributed by atoms with Crippen LogP contribution in [0.1, 0.15) is 6.92 Å². The monoisotopic (exact) mass is 194 g/mol. The Morgan fingerprint density at radius 3 is 2.93 bits per heavy atom. The molecule has 0 aliphatic heterocycles. The summed E-state index contributed by atoms with van der Waals surface area (Å²) in [6.45, 7) is 2.47. The van der Waals surface area contributed by atoms with E-state index in [0.29, 0.717) is 6.54 Å². The molecule has 0 atom stereocenters. The zero-order valence-electron chi connectivity index (χ0n) is 8.33. The molecule has 1 aromatic rings. The van der Waals surface area contributed by atoms with Crippen molar-refractivity contribution in [2.45, 2.75) is 6.92 Å². The number of ether oxygens (including phenoxy) is 1.